The largest absolute Gasteiger partial charge is 0.396 e. The van der Waals surface area contributed by atoms with Gasteiger partial charge in [-0.2, -0.15) is 0 Å². The van der Waals surface area contributed by atoms with Gasteiger partial charge in [0.15, 0.2) is 0 Å². The van der Waals surface area contributed by atoms with Gasteiger partial charge < -0.3 is 5.11 Å². The molecule has 1 aromatic carbocycles. The topological polar surface area (TPSA) is 76.3 Å². The van der Waals surface area contributed by atoms with Crippen LogP contribution < -0.4 is 0 Å². The fraction of sp³-hybridized carbons (Fsp3) is 0.308. The Labute approximate surface area is 114 Å². The second kappa shape index (κ2) is 5.99. The number of pyridine rings is 1. The van der Waals surface area contributed by atoms with E-state index in [0.29, 0.717) is 10.9 Å². The monoisotopic (exact) mass is 278 g/mol. The number of rotatable bonds is 5. The molecule has 0 spiro atoms. The van der Waals surface area contributed by atoms with Gasteiger partial charge in [-0.3, -0.25) is 15.1 Å². The molecular weight excluding hydrogens is 264 g/mol. The average molecular weight is 278 g/mol. The highest BCUT2D eigenvalue weighted by molar-refractivity contribution is 7.99. The van der Waals surface area contributed by atoms with E-state index in [4.69, 9.17) is 5.11 Å². The Morgan fingerprint density at radius 3 is 2.95 bits per heavy atom. The van der Waals surface area contributed by atoms with Crippen molar-refractivity contribution in [2.75, 3.05) is 12.4 Å². The molecule has 1 unspecified atom stereocenters. The minimum Gasteiger partial charge on any atom is -0.396 e. The van der Waals surface area contributed by atoms with Crippen LogP contribution in [0.1, 0.15) is 6.92 Å². The summed E-state index contributed by atoms with van der Waals surface area (Å²) in [5, 5.41) is 20.6. The highest BCUT2D eigenvalue weighted by Crippen LogP contribution is 2.33. The summed E-state index contributed by atoms with van der Waals surface area (Å²) in [5.74, 6) is 0.930. The second-order valence-electron chi connectivity index (χ2n) is 4.34. The highest BCUT2D eigenvalue weighted by Gasteiger charge is 2.15. The highest BCUT2D eigenvalue weighted by atomic mass is 32.2. The molecule has 0 saturated carbocycles. The number of aromatic nitrogens is 1. The molecule has 5 nitrogen and oxygen atoms in total. The number of nitrogens with zero attached hydrogens (tertiary/aromatic N) is 2. The molecule has 0 aliphatic heterocycles. The Balaban J connectivity index is 2.41. The zero-order chi connectivity index (χ0) is 13.8. The maximum Gasteiger partial charge on any atom is 0.278 e. The van der Waals surface area contributed by atoms with E-state index >= 15 is 0 Å². The average Bonchev–Trinajstić information content (AvgIpc) is 2.43. The first-order valence-electron chi connectivity index (χ1n) is 5.89. The molecule has 1 N–H and O–H groups in total. The third-order valence-electron chi connectivity index (χ3n) is 2.74. The van der Waals surface area contributed by atoms with Gasteiger partial charge in [0, 0.05) is 29.5 Å². The van der Waals surface area contributed by atoms with Crippen molar-refractivity contribution in [1.82, 2.24) is 4.98 Å². The van der Waals surface area contributed by atoms with Gasteiger partial charge in [-0.05, 0) is 24.1 Å². The maximum atomic E-state index is 11.0. The van der Waals surface area contributed by atoms with Crippen molar-refractivity contribution in [2.45, 2.75) is 11.8 Å². The summed E-state index contributed by atoms with van der Waals surface area (Å²) in [6.45, 7) is 2.08. The van der Waals surface area contributed by atoms with Crippen LogP contribution in [0.25, 0.3) is 10.9 Å². The van der Waals surface area contributed by atoms with Crippen LogP contribution >= 0.6 is 11.8 Å². The molecule has 1 atom stereocenters. The molecule has 6 heteroatoms. The summed E-state index contributed by atoms with van der Waals surface area (Å²) in [4.78, 5) is 15.7. The van der Waals surface area contributed by atoms with E-state index in [1.807, 2.05) is 6.92 Å². The van der Waals surface area contributed by atoms with E-state index in [1.54, 1.807) is 36.2 Å². The number of thioether (sulfide) groups is 1. The van der Waals surface area contributed by atoms with Crippen molar-refractivity contribution in [3.8, 4) is 0 Å². The van der Waals surface area contributed by atoms with E-state index in [0.717, 1.165) is 10.6 Å². The summed E-state index contributed by atoms with van der Waals surface area (Å²) in [7, 11) is 0. The molecule has 100 valence electrons. The molecule has 0 saturated heterocycles. The molecule has 0 amide bonds. The Bertz CT molecular complexity index is 603. The number of nitro groups is 1. The van der Waals surface area contributed by atoms with Crippen molar-refractivity contribution in [1.29, 1.82) is 0 Å². The van der Waals surface area contributed by atoms with Gasteiger partial charge in [0.05, 0.1) is 15.8 Å². The van der Waals surface area contributed by atoms with Crippen molar-refractivity contribution in [2.24, 2.45) is 5.92 Å². The summed E-state index contributed by atoms with van der Waals surface area (Å²) in [6, 6.07) is 6.64. The molecule has 0 bridgehead atoms. The Morgan fingerprint density at radius 1 is 1.47 bits per heavy atom. The lowest BCUT2D eigenvalue weighted by molar-refractivity contribution is -0.383. The fourth-order valence-electron chi connectivity index (χ4n) is 1.69. The summed E-state index contributed by atoms with van der Waals surface area (Å²) in [6.07, 6.45) is 1.63. The van der Waals surface area contributed by atoms with E-state index in [1.165, 1.54) is 6.07 Å². The Hall–Kier alpha value is -1.66. The van der Waals surface area contributed by atoms with Crippen LogP contribution in [0.5, 0.6) is 0 Å². The van der Waals surface area contributed by atoms with Crippen molar-refractivity contribution >= 4 is 28.4 Å². The van der Waals surface area contributed by atoms with E-state index in [2.05, 4.69) is 4.98 Å². The molecule has 1 heterocycles. The van der Waals surface area contributed by atoms with Crippen LogP contribution in [0.3, 0.4) is 0 Å². The van der Waals surface area contributed by atoms with Crippen LogP contribution in [0, 0.1) is 16.0 Å². The molecular formula is C13H14N2O3S. The molecule has 0 aliphatic rings. The van der Waals surface area contributed by atoms with Gasteiger partial charge in [-0.15, -0.1) is 11.8 Å². The number of hydrogen-bond donors (Lipinski definition) is 1. The third-order valence-corrected chi connectivity index (χ3v) is 4.12. The minimum absolute atomic E-state index is 0.0719. The molecule has 0 aliphatic carbocycles. The van der Waals surface area contributed by atoms with Gasteiger partial charge in [0.2, 0.25) is 0 Å². The molecule has 2 rings (SSSR count). The zero-order valence-corrected chi connectivity index (χ0v) is 11.3. The van der Waals surface area contributed by atoms with Crippen LogP contribution in [0.4, 0.5) is 5.69 Å². The van der Waals surface area contributed by atoms with E-state index in [9.17, 15) is 10.1 Å². The van der Waals surface area contributed by atoms with E-state index < -0.39 is 4.92 Å². The summed E-state index contributed by atoms with van der Waals surface area (Å²) in [5.41, 5.74) is 0.717. The second-order valence-corrected chi connectivity index (χ2v) is 5.40. The minimum atomic E-state index is -0.394. The molecule has 2 aromatic rings. The number of nitro benzene ring substituents is 1. The van der Waals surface area contributed by atoms with Crippen LogP contribution in [-0.4, -0.2) is 27.4 Å². The number of non-ortho nitro benzene ring substituents is 1. The first kappa shape index (κ1) is 13.8. The predicted octanol–water partition coefficient (Wildman–Crippen LogP) is 2.86. The lowest BCUT2D eigenvalue weighted by atomic mass is 10.2. The SMILES string of the molecule is CC(CO)CSc1ccc([N+](=O)[O-])c2cccnc12. The third kappa shape index (κ3) is 3.02. The standard InChI is InChI=1S/C13H14N2O3S/c1-9(7-16)8-19-12-5-4-11(15(17)18)10-3-2-6-14-13(10)12/h2-6,9,16H,7-8H2,1H3. The Morgan fingerprint density at radius 2 is 2.26 bits per heavy atom. The summed E-state index contributed by atoms with van der Waals surface area (Å²) < 4.78 is 0. The normalized spacial score (nSPS) is 12.5. The van der Waals surface area contributed by atoms with Crippen molar-refractivity contribution in [3.05, 3.63) is 40.6 Å². The Kier molecular flexibility index (Phi) is 4.34. The van der Waals surface area contributed by atoms with Crippen LogP contribution in [0.2, 0.25) is 0 Å². The molecule has 0 fully saturated rings. The van der Waals surface area contributed by atoms with Gasteiger partial charge in [0.1, 0.15) is 0 Å². The summed E-state index contributed by atoms with van der Waals surface area (Å²) >= 11 is 1.56. The maximum absolute atomic E-state index is 11.0. The number of hydrogen-bond acceptors (Lipinski definition) is 5. The lowest BCUT2D eigenvalue weighted by Crippen LogP contribution is -2.03. The lowest BCUT2D eigenvalue weighted by Gasteiger charge is -2.09. The quantitative estimate of drug-likeness (QED) is 0.517. The first-order valence-corrected chi connectivity index (χ1v) is 6.88. The fourth-order valence-corrected chi connectivity index (χ4v) is 2.73. The number of benzene rings is 1. The van der Waals surface area contributed by atoms with Gasteiger partial charge in [-0.1, -0.05) is 6.92 Å². The van der Waals surface area contributed by atoms with Crippen LogP contribution in [-0.2, 0) is 0 Å². The van der Waals surface area contributed by atoms with Gasteiger partial charge >= 0.3 is 0 Å². The molecule has 0 radical (unpaired) electrons. The molecule has 19 heavy (non-hydrogen) atoms. The predicted molar refractivity (Wildman–Crippen MR) is 75.4 cm³/mol. The van der Waals surface area contributed by atoms with E-state index in [-0.39, 0.29) is 18.2 Å². The van der Waals surface area contributed by atoms with Crippen LogP contribution in [0.15, 0.2) is 35.4 Å². The first-order chi connectivity index (χ1) is 9.13. The van der Waals surface area contributed by atoms with Gasteiger partial charge in [-0.25, -0.2) is 0 Å². The van der Waals surface area contributed by atoms with Crippen molar-refractivity contribution < 1.29 is 10.0 Å². The number of fused-ring (bicyclic) bond motifs is 1. The molecule has 1 aromatic heterocycles. The smallest absolute Gasteiger partial charge is 0.278 e. The van der Waals surface area contributed by atoms with Crippen molar-refractivity contribution in [3.63, 3.8) is 0 Å². The zero-order valence-electron chi connectivity index (χ0n) is 10.4. The van der Waals surface area contributed by atoms with Gasteiger partial charge in [0.25, 0.3) is 5.69 Å². The number of aliphatic hydroxyl groups excluding tert-OH is 1. The number of aliphatic hydroxyl groups is 1.